The first-order valence-electron chi connectivity index (χ1n) is 6.69. The van der Waals surface area contributed by atoms with Crippen LogP contribution in [0, 0.1) is 6.42 Å². The SMILES string of the molecule is C[CH-]CCCCCCCCCCCC.[Na+]. The Labute approximate surface area is 120 Å². The van der Waals surface area contributed by atoms with Crippen LogP contribution in [0.5, 0.6) is 0 Å². The van der Waals surface area contributed by atoms with E-state index in [-0.39, 0.29) is 29.6 Å². The molecule has 0 bridgehead atoms. The number of hydrogen-bond donors (Lipinski definition) is 0. The van der Waals surface area contributed by atoms with E-state index in [2.05, 4.69) is 20.3 Å². The van der Waals surface area contributed by atoms with Crippen molar-refractivity contribution in [1.82, 2.24) is 0 Å². The minimum Gasteiger partial charge on any atom is -0.332 e. The maximum atomic E-state index is 2.28. The van der Waals surface area contributed by atoms with E-state index >= 15 is 0 Å². The number of unbranched alkanes of at least 4 members (excludes halogenated alkanes) is 11. The van der Waals surface area contributed by atoms with Crippen LogP contribution in [0.15, 0.2) is 0 Å². The molecule has 0 rings (SSSR count). The summed E-state index contributed by atoms with van der Waals surface area (Å²) in [7, 11) is 0. The summed E-state index contributed by atoms with van der Waals surface area (Å²) in [4.78, 5) is 0. The second-order valence-corrected chi connectivity index (χ2v) is 4.38. The fourth-order valence-corrected chi connectivity index (χ4v) is 1.84. The third-order valence-electron chi connectivity index (χ3n) is 2.85. The summed E-state index contributed by atoms with van der Waals surface area (Å²) in [5.74, 6) is 0. The molecule has 1 heteroatoms. The van der Waals surface area contributed by atoms with Gasteiger partial charge in [0.05, 0.1) is 0 Å². The summed E-state index contributed by atoms with van der Waals surface area (Å²) in [6, 6.07) is 0. The quantitative estimate of drug-likeness (QED) is 0.285. The topological polar surface area (TPSA) is 0 Å². The fraction of sp³-hybridized carbons (Fsp3) is 0.929. The van der Waals surface area contributed by atoms with E-state index in [0.29, 0.717) is 0 Å². The molecule has 0 saturated carbocycles. The minimum absolute atomic E-state index is 0. The van der Waals surface area contributed by atoms with E-state index in [1.54, 1.807) is 0 Å². The molecule has 0 fully saturated rings. The van der Waals surface area contributed by atoms with Gasteiger partial charge in [0.15, 0.2) is 0 Å². The number of hydrogen-bond acceptors (Lipinski definition) is 0. The van der Waals surface area contributed by atoms with Gasteiger partial charge in [0.2, 0.25) is 0 Å². The van der Waals surface area contributed by atoms with Gasteiger partial charge >= 0.3 is 29.6 Å². The van der Waals surface area contributed by atoms with E-state index in [4.69, 9.17) is 0 Å². The molecular weight excluding hydrogens is 191 g/mol. The Hall–Kier alpha value is 1.00. The molecule has 0 atom stereocenters. The van der Waals surface area contributed by atoms with E-state index in [0.717, 1.165) is 0 Å². The van der Waals surface area contributed by atoms with Gasteiger partial charge in [0, 0.05) is 0 Å². The van der Waals surface area contributed by atoms with Crippen molar-refractivity contribution < 1.29 is 29.6 Å². The Morgan fingerprint density at radius 1 is 0.667 bits per heavy atom. The number of rotatable bonds is 11. The standard InChI is InChI=1S/C14H29.Na/c1-3-5-7-9-11-13-14-12-10-8-6-4-2;/h3H,4-14H2,1-2H3;/q-1;+1. The Morgan fingerprint density at radius 3 is 1.47 bits per heavy atom. The van der Waals surface area contributed by atoms with Crippen molar-refractivity contribution in [2.75, 3.05) is 0 Å². The summed E-state index contributed by atoms with van der Waals surface area (Å²) in [5.41, 5.74) is 0. The normalized spacial score (nSPS) is 10.0. The second-order valence-electron chi connectivity index (χ2n) is 4.38. The van der Waals surface area contributed by atoms with E-state index in [1.165, 1.54) is 70.6 Å². The Morgan fingerprint density at radius 2 is 1.07 bits per heavy atom. The van der Waals surface area contributed by atoms with Gasteiger partial charge in [-0.1, -0.05) is 71.1 Å². The largest absolute Gasteiger partial charge is 1.00 e. The molecule has 86 valence electrons. The molecule has 0 saturated heterocycles. The van der Waals surface area contributed by atoms with Crippen LogP contribution in [0.3, 0.4) is 0 Å². The van der Waals surface area contributed by atoms with Crippen molar-refractivity contribution in [3.63, 3.8) is 0 Å². The molecule has 0 aliphatic rings. The van der Waals surface area contributed by atoms with E-state index in [9.17, 15) is 0 Å². The molecule has 0 aromatic carbocycles. The van der Waals surface area contributed by atoms with Crippen molar-refractivity contribution >= 4 is 0 Å². The van der Waals surface area contributed by atoms with Gasteiger partial charge in [-0.2, -0.15) is 13.3 Å². The first-order valence-corrected chi connectivity index (χ1v) is 6.69. The van der Waals surface area contributed by atoms with Gasteiger partial charge in [0.1, 0.15) is 0 Å². The van der Waals surface area contributed by atoms with Crippen molar-refractivity contribution in [2.45, 2.75) is 84.5 Å². The van der Waals surface area contributed by atoms with E-state index in [1.807, 2.05) is 0 Å². The van der Waals surface area contributed by atoms with E-state index < -0.39 is 0 Å². The Kier molecular flexibility index (Phi) is 21.3. The van der Waals surface area contributed by atoms with Crippen molar-refractivity contribution in [1.29, 1.82) is 0 Å². The van der Waals surface area contributed by atoms with Gasteiger partial charge in [0.25, 0.3) is 0 Å². The van der Waals surface area contributed by atoms with Crippen LogP contribution < -0.4 is 29.6 Å². The molecule has 0 N–H and O–H groups in total. The Bertz CT molecular complexity index is 79.3. The van der Waals surface area contributed by atoms with Crippen LogP contribution in [0.2, 0.25) is 0 Å². The molecule has 0 amide bonds. The molecule has 0 aromatic rings. The summed E-state index contributed by atoms with van der Waals surface area (Å²) in [6.07, 6.45) is 18.1. The molecule has 0 spiro atoms. The zero-order valence-electron chi connectivity index (χ0n) is 11.4. The van der Waals surface area contributed by atoms with Crippen LogP contribution in [0.25, 0.3) is 0 Å². The monoisotopic (exact) mass is 220 g/mol. The van der Waals surface area contributed by atoms with Crippen LogP contribution in [-0.4, -0.2) is 0 Å². The average Bonchev–Trinajstić information content (AvgIpc) is 2.21. The van der Waals surface area contributed by atoms with Crippen molar-refractivity contribution in [3.05, 3.63) is 6.42 Å². The van der Waals surface area contributed by atoms with Crippen LogP contribution >= 0.6 is 0 Å². The van der Waals surface area contributed by atoms with Gasteiger partial charge in [-0.05, 0) is 0 Å². The molecule has 0 unspecified atom stereocenters. The van der Waals surface area contributed by atoms with Crippen LogP contribution in [-0.2, 0) is 0 Å². The van der Waals surface area contributed by atoms with Crippen LogP contribution in [0.4, 0.5) is 0 Å². The maximum absolute atomic E-state index is 2.28. The van der Waals surface area contributed by atoms with Gasteiger partial charge < -0.3 is 6.42 Å². The zero-order chi connectivity index (χ0) is 10.5. The molecule has 0 aliphatic carbocycles. The molecule has 0 aromatic heterocycles. The predicted octanol–water partition coefficient (Wildman–Crippen LogP) is 2.53. The molecule has 0 radical (unpaired) electrons. The van der Waals surface area contributed by atoms with Gasteiger partial charge in [-0.15, -0.1) is 0 Å². The molecule has 0 nitrogen and oxygen atoms in total. The first kappa shape index (κ1) is 18.4. The summed E-state index contributed by atoms with van der Waals surface area (Å²) in [6.45, 7) is 4.44. The summed E-state index contributed by atoms with van der Waals surface area (Å²) >= 11 is 0. The van der Waals surface area contributed by atoms with Crippen LogP contribution in [0.1, 0.15) is 84.5 Å². The Balaban J connectivity index is 0. The van der Waals surface area contributed by atoms with Gasteiger partial charge in [-0.25, -0.2) is 0 Å². The minimum atomic E-state index is 0. The maximum Gasteiger partial charge on any atom is 1.00 e. The smallest absolute Gasteiger partial charge is 0.332 e. The second kappa shape index (κ2) is 17.4. The third-order valence-corrected chi connectivity index (χ3v) is 2.85. The molecule has 15 heavy (non-hydrogen) atoms. The molecular formula is C14H29Na. The average molecular weight is 220 g/mol. The summed E-state index contributed by atoms with van der Waals surface area (Å²) in [5, 5.41) is 0. The first-order chi connectivity index (χ1) is 6.91. The molecule has 0 aliphatic heterocycles. The molecule has 0 heterocycles. The fourth-order valence-electron chi connectivity index (χ4n) is 1.84. The third kappa shape index (κ3) is 17.6. The zero-order valence-corrected chi connectivity index (χ0v) is 13.4. The van der Waals surface area contributed by atoms with Gasteiger partial charge in [-0.3, -0.25) is 0 Å². The predicted molar refractivity (Wildman–Crippen MR) is 66.4 cm³/mol. The van der Waals surface area contributed by atoms with Crippen molar-refractivity contribution in [2.24, 2.45) is 0 Å². The summed E-state index contributed by atoms with van der Waals surface area (Å²) < 4.78 is 0. The van der Waals surface area contributed by atoms with Crippen molar-refractivity contribution in [3.8, 4) is 0 Å².